The third kappa shape index (κ3) is 4.04. The van der Waals surface area contributed by atoms with Gasteiger partial charge in [0.15, 0.2) is 0 Å². The number of nitrogens with two attached hydrogens (primary N) is 1. The summed E-state index contributed by atoms with van der Waals surface area (Å²) in [7, 11) is 3.54. The SMILES string of the molecule is COc1ccc(C2CCC(Nc3nccc(-c4cnn(C)c4N)n3)CC2)cc1C. The number of benzene rings is 1. The number of nitrogens with one attached hydrogen (secondary N) is 1. The lowest BCUT2D eigenvalue weighted by Gasteiger charge is -2.29. The van der Waals surface area contributed by atoms with Crippen molar-refractivity contribution >= 4 is 11.8 Å². The van der Waals surface area contributed by atoms with E-state index < -0.39 is 0 Å². The largest absolute Gasteiger partial charge is 0.496 e. The van der Waals surface area contributed by atoms with Gasteiger partial charge in [0.2, 0.25) is 5.95 Å². The molecule has 152 valence electrons. The highest BCUT2D eigenvalue weighted by Crippen LogP contribution is 2.35. The number of aromatic nitrogens is 4. The van der Waals surface area contributed by atoms with Crippen LogP contribution in [0.2, 0.25) is 0 Å². The molecule has 1 fully saturated rings. The number of ether oxygens (including phenoxy) is 1. The van der Waals surface area contributed by atoms with Crippen molar-refractivity contribution in [2.75, 3.05) is 18.2 Å². The van der Waals surface area contributed by atoms with E-state index in [1.807, 2.05) is 13.1 Å². The first-order valence-corrected chi connectivity index (χ1v) is 10.1. The quantitative estimate of drug-likeness (QED) is 0.684. The number of hydrogen-bond acceptors (Lipinski definition) is 6. The van der Waals surface area contributed by atoms with Crippen LogP contribution in [0.15, 0.2) is 36.7 Å². The smallest absolute Gasteiger partial charge is 0.223 e. The van der Waals surface area contributed by atoms with E-state index in [2.05, 4.69) is 45.5 Å². The summed E-state index contributed by atoms with van der Waals surface area (Å²) in [6, 6.07) is 8.80. The number of rotatable bonds is 5. The van der Waals surface area contributed by atoms with Gasteiger partial charge in [0.25, 0.3) is 0 Å². The summed E-state index contributed by atoms with van der Waals surface area (Å²) in [4.78, 5) is 9.05. The van der Waals surface area contributed by atoms with Crippen LogP contribution in [0.3, 0.4) is 0 Å². The Labute approximate surface area is 171 Å². The zero-order chi connectivity index (χ0) is 20.4. The molecule has 1 aliphatic rings. The second kappa shape index (κ2) is 8.11. The van der Waals surface area contributed by atoms with E-state index >= 15 is 0 Å². The van der Waals surface area contributed by atoms with Gasteiger partial charge in [0.05, 0.1) is 24.6 Å². The summed E-state index contributed by atoms with van der Waals surface area (Å²) in [5.41, 5.74) is 10.3. The first-order valence-electron chi connectivity index (χ1n) is 10.1. The topological polar surface area (TPSA) is 90.9 Å². The van der Waals surface area contributed by atoms with Gasteiger partial charge in [-0.15, -0.1) is 0 Å². The number of hydrogen-bond donors (Lipinski definition) is 2. The molecule has 0 spiro atoms. The van der Waals surface area contributed by atoms with Gasteiger partial charge >= 0.3 is 0 Å². The molecule has 1 saturated carbocycles. The van der Waals surface area contributed by atoms with Crippen LogP contribution in [0.4, 0.5) is 11.8 Å². The Morgan fingerprint density at radius 1 is 1.17 bits per heavy atom. The second-order valence-corrected chi connectivity index (χ2v) is 7.75. The van der Waals surface area contributed by atoms with Crippen molar-refractivity contribution in [3.8, 4) is 17.0 Å². The van der Waals surface area contributed by atoms with E-state index in [1.54, 1.807) is 24.2 Å². The van der Waals surface area contributed by atoms with Crippen molar-refractivity contribution in [1.29, 1.82) is 0 Å². The van der Waals surface area contributed by atoms with Crippen molar-refractivity contribution in [1.82, 2.24) is 19.7 Å². The fourth-order valence-corrected chi connectivity index (χ4v) is 4.13. The molecule has 0 unspecified atom stereocenters. The highest BCUT2D eigenvalue weighted by Gasteiger charge is 2.23. The van der Waals surface area contributed by atoms with Crippen LogP contribution in [-0.4, -0.2) is 32.9 Å². The Balaban J connectivity index is 1.39. The highest BCUT2D eigenvalue weighted by atomic mass is 16.5. The molecule has 0 atom stereocenters. The third-order valence-corrected chi connectivity index (χ3v) is 5.87. The molecular formula is C22H28N6O. The summed E-state index contributed by atoms with van der Waals surface area (Å²) in [6.45, 7) is 2.11. The maximum Gasteiger partial charge on any atom is 0.223 e. The molecule has 1 aromatic carbocycles. The van der Waals surface area contributed by atoms with E-state index in [0.717, 1.165) is 42.7 Å². The van der Waals surface area contributed by atoms with Gasteiger partial charge in [-0.25, -0.2) is 9.97 Å². The second-order valence-electron chi connectivity index (χ2n) is 7.75. The number of nitrogens with zero attached hydrogens (tertiary/aromatic N) is 4. The molecular weight excluding hydrogens is 364 g/mol. The third-order valence-electron chi connectivity index (χ3n) is 5.87. The summed E-state index contributed by atoms with van der Waals surface area (Å²) < 4.78 is 7.03. The van der Waals surface area contributed by atoms with Crippen LogP contribution >= 0.6 is 0 Å². The molecule has 1 aliphatic carbocycles. The van der Waals surface area contributed by atoms with Crippen molar-refractivity contribution in [2.24, 2.45) is 7.05 Å². The molecule has 3 N–H and O–H groups in total. The van der Waals surface area contributed by atoms with Gasteiger partial charge in [-0.3, -0.25) is 4.68 Å². The fourth-order valence-electron chi connectivity index (χ4n) is 4.13. The van der Waals surface area contributed by atoms with Crippen LogP contribution in [0, 0.1) is 6.92 Å². The van der Waals surface area contributed by atoms with E-state index in [1.165, 1.54) is 11.1 Å². The molecule has 29 heavy (non-hydrogen) atoms. The number of aryl methyl sites for hydroxylation is 2. The predicted octanol–water partition coefficient (Wildman–Crippen LogP) is 3.91. The molecule has 0 saturated heterocycles. The van der Waals surface area contributed by atoms with Crippen LogP contribution < -0.4 is 15.8 Å². The van der Waals surface area contributed by atoms with Crippen molar-refractivity contribution in [3.05, 3.63) is 47.8 Å². The van der Waals surface area contributed by atoms with Crippen LogP contribution in [-0.2, 0) is 7.05 Å². The standard InChI is InChI=1S/C22H28N6O/c1-14-12-16(6-9-20(14)29-3)15-4-7-17(8-5-15)26-22-24-11-10-19(27-22)18-13-25-28(2)21(18)23/h6,9-13,15,17H,4-5,7-8,23H2,1-3H3,(H,24,26,27). The van der Waals surface area contributed by atoms with Gasteiger partial charge in [-0.2, -0.15) is 5.10 Å². The Morgan fingerprint density at radius 2 is 1.97 bits per heavy atom. The first-order chi connectivity index (χ1) is 14.0. The monoisotopic (exact) mass is 392 g/mol. The zero-order valence-corrected chi connectivity index (χ0v) is 17.2. The molecule has 2 heterocycles. The number of methoxy groups -OCH3 is 1. The molecule has 2 aromatic heterocycles. The van der Waals surface area contributed by atoms with E-state index in [4.69, 9.17) is 10.5 Å². The van der Waals surface area contributed by atoms with Gasteiger partial charge in [0, 0.05) is 19.3 Å². The highest BCUT2D eigenvalue weighted by molar-refractivity contribution is 5.70. The Kier molecular flexibility index (Phi) is 5.38. The van der Waals surface area contributed by atoms with Crippen LogP contribution in [0.25, 0.3) is 11.3 Å². The normalized spacial score (nSPS) is 19.1. The Morgan fingerprint density at radius 3 is 2.62 bits per heavy atom. The van der Waals surface area contributed by atoms with Gasteiger partial charge < -0.3 is 15.8 Å². The minimum Gasteiger partial charge on any atom is -0.496 e. The molecule has 0 amide bonds. The first kappa shape index (κ1) is 19.2. The van der Waals surface area contributed by atoms with Gasteiger partial charge in [-0.1, -0.05) is 12.1 Å². The summed E-state index contributed by atoms with van der Waals surface area (Å²) in [6.07, 6.45) is 8.00. The Hall–Kier alpha value is -3.09. The summed E-state index contributed by atoms with van der Waals surface area (Å²) in [5.74, 6) is 2.80. The molecule has 7 heteroatoms. The van der Waals surface area contributed by atoms with E-state index in [0.29, 0.717) is 23.7 Å². The van der Waals surface area contributed by atoms with Crippen molar-refractivity contribution in [3.63, 3.8) is 0 Å². The van der Waals surface area contributed by atoms with Crippen LogP contribution in [0.1, 0.15) is 42.7 Å². The number of anilines is 2. The van der Waals surface area contributed by atoms with Crippen LogP contribution in [0.5, 0.6) is 5.75 Å². The van der Waals surface area contributed by atoms with Gasteiger partial charge in [-0.05, 0) is 61.8 Å². The average Bonchev–Trinajstić information content (AvgIpc) is 3.07. The lowest BCUT2D eigenvalue weighted by molar-refractivity contribution is 0.404. The lowest BCUT2D eigenvalue weighted by atomic mass is 9.81. The summed E-state index contributed by atoms with van der Waals surface area (Å²) >= 11 is 0. The minimum absolute atomic E-state index is 0.382. The fraction of sp³-hybridized carbons (Fsp3) is 0.409. The molecule has 0 aliphatic heterocycles. The lowest BCUT2D eigenvalue weighted by Crippen LogP contribution is -2.26. The van der Waals surface area contributed by atoms with Crippen molar-refractivity contribution < 1.29 is 4.74 Å². The zero-order valence-electron chi connectivity index (χ0n) is 17.2. The van der Waals surface area contributed by atoms with E-state index in [9.17, 15) is 0 Å². The summed E-state index contributed by atoms with van der Waals surface area (Å²) in [5, 5.41) is 7.70. The molecule has 3 aromatic rings. The molecule has 4 rings (SSSR count). The molecule has 0 bridgehead atoms. The maximum atomic E-state index is 6.08. The van der Waals surface area contributed by atoms with Crippen molar-refractivity contribution in [2.45, 2.75) is 44.6 Å². The van der Waals surface area contributed by atoms with Gasteiger partial charge in [0.1, 0.15) is 11.6 Å². The predicted molar refractivity (Wildman–Crippen MR) is 115 cm³/mol. The maximum absolute atomic E-state index is 6.08. The molecule has 0 radical (unpaired) electrons. The minimum atomic E-state index is 0.382. The van der Waals surface area contributed by atoms with E-state index in [-0.39, 0.29) is 0 Å². The molecule has 7 nitrogen and oxygen atoms in total. The average molecular weight is 393 g/mol. The number of nitrogen functional groups attached to an aromatic ring is 1. The Bertz CT molecular complexity index is 991.